The number of hydrogen-bond donors (Lipinski definition) is 1. The van der Waals surface area contributed by atoms with Crippen molar-refractivity contribution in [2.45, 2.75) is 6.92 Å². The second-order valence-corrected chi connectivity index (χ2v) is 6.44. The van der Waals surface area contributed by atoms with Gasteiger partial charge in [0.1, 0.15) is 5.75 Å². The number of halogens is 1. The van der Waals surface area contributed by atoms with Gasteiger partial charge in [-0.1, -0.05) is 11.6 Å². The van der Waals surface area contributed by atoms with Crippen molar-refractivity contribution in [3.63, 3.8) is 0 Å². The summed E-state index contributed by atoms with van der Waals surface area (Å²) in [5.74, 6) is 0.641. The predicted octanol–water partition coefficient (Wildman–Crippen LogP) is 4.63. The van der Waals surface area contributed by atoms with Crippen LogP contribution in [0.25, 0.3) is 10.6 Å². The van der Waals surface area contributed by atoms with Crippen molar-refractivity contribution in [2.24, 2.45) is 0 Å². The van der Waals surface area contributed by atoms with Crippen LogP contribution in [0, 0.1) is 6.92 Å². The SMILES string of the molecule is COc1ccc(NC(=O)c2ncoc2-c2ccc(C)s2)cc1Cl. The molecule has 0 saturated heterocycles. The smallest absolute Gasteiger partial charge is 0.278 e. The van der Waals surface area contributed by atoms with Gasteiger partial charge < -0.3 is 14.5 Å². The molecule has 2 aromatic heterocycles. The van der Waals surface area contributed by atoms with Crippen LogP contribution in [-0.4, -0.2) is 18.0 Å². The number of aromatic nitrogens is 1. The molecular weight excluding hydrogens is 336 g/mol. The summed E-state index contributed by atoms with van der Waals surface area (Å²) in [6.45, 7) is 1.99. The minimum Gasteiger partial charge on any atom is -0.495 e. The second-order valence-electron chi connectivity index (χ2n) is 4.74. The Hall–Kier alpha value is -2.31. The van der Waals surface area contributed by atoms with E-state index < -0.39 is 0 Å². The van der Waals surface area contributed by atoms with Crippen LogP contribution >= 0.6 is 22.9 Å². The zero-order valence-electron chi connectivity index (χ0n) is 12.4. The molecule has 0 aliphatic carbocycles. The van der Waals surface area contributed by atoms with Crippen molar-refractivity contribution in [1.29, 1.82) is 0 Å². The zero-order valence-corrected chi connectivity index (χ0v) is 14.0. The monoisotopic (exact) mass is 348 g/mol. The van der Waals surface area contributed by atoms with E-state index in [2.05, 4.69) is 10.3 Å². The van der Waals surface area contributed by atoms with E-state index in [9.17, 15) is 4.79 Å². The Kier molecular flexibility index (Phi) is 4.36. The van der Waals surface area contributed by atoms with Gasteiger partial charge in [0.2, 0.25) is 0 Å². The van der Waals surface area contributed by atoms with Gasteiger partial charge in [0.15, 0.2) is 17.8 Å². The fourth-order valence-electron chi connectivity index (χ4n) is 2.07. The number of thiophene rings is 1. The first kappa shape index (κ1) is 15.6. The largest absolute Gasteiger partial charge is 0.495 e. The quantitative estimate of drug-likeness (QED) is 0.746. The number of ether oxygens (including phenoxy) is 1. The van der Waals surface area contributed by atoms with Crippen LogP contribution in [0.15, 0.2) is 41.1 Å². The van der Waals surface area contributed by atoms with Gasteiger partial charge in [-0.2, -0.15) is 0 Å². The predicted molar refractivity (Wildman–Crippen MR) is 90.5 cm³/mol. The zero-order chi connectivity index (χ0) is 16.4. The van der Waals surface area contributed by atoms with Gasteiger partial charge in [-0.3, -0.25) is 4.79 Å². The molecule has 0 aliphatic rings. The van der Waals surface area contributed by atoms with E-state index >= 15 is 0 Å². The number of methoxy groups -OCH3 is 1. The molecule has 0 fully saturated rings. The van der Waals surface area contributed by atoms with Crippen LogP contribution in [0.5, 0.6) is 5.75 Å². The summed E-state index contributed by atoms with van der Waals surface area (Å²) < 4.78 is 10.5. The van der Waals surface area contributed by atoms with E-state index in [0.717, 1.165) is 9.75 Å². The highest BCUT2D eigenvalue weighted by Crippen LogP contribution is 2.31. The van der Waals surface area contributed by atoms with Crippen molar-refractivity contribution < 1.29 is 13.9 Å². The number of aryl methyl sites for hydroxylation is 1. The molecule has 0 spiro atoms. The lowest BCUT2D eigenvalue weighted by molar-refractivity contribution is 0.102. The third kappa shape index (κ3) is 3.23. The fraction of sp³-hybridized carbons (Fsp3) is 0.125. The van der Waals surface area contributed by atoms with Gasteiger partial charge in [0.05, 0.1) is 17.0 Å². The van der Waals surface area contributed by atoms with Crippen molar-refractivity contribution in [1.82, 2.24) is 4.98 Å². The lowest BCUT2D eigenvalue weighted by atomic mass is 10.2. The maximum Gasteiger partial charge on any atom is 0.278 e. The Bertz CT molecular complexity index is 857. The summed E-state index contributed by atoms with van der Waals surface area (Å²) in [6.07, 6.45) is 1.26. The summed E-state index contributed by atoms with van der Waals surface area (Å²) in [6, 6.07) is 8.88. The number of benzene rings is 1. The van der Waals surface area contributed by atoms with E-state index in [1.165, 1.54) is 24.8 Å². The Morgan fingerprint density at radius 2 is 2.17 bits per heavy atom. The fourth-order valence-corrected chi connectivity index (χ4v) is 3.19. The number of hydrogen-bond acceptors (Lipinski definition) is 5. The molecule has 1 aromatic carbocycles. The number of carbonyl (C=O) groups is 1. The normalized spacial score (nSPS) is 10.6. The average molecular weight is 349 g/mol. The topological polar surface area (TPSA) is 64.4 Å². The molecule has 5 nitrogen and oxygen atoms in total. The molecule has 7 heteroatoms. The van der Waals surface area contributed by atoms with E-state index in [-0.39, 0.29) is 11.6 Å². The molecule has 3 aromatic rings. The Balaban J connectivity index is 1.85. The molecule has 1 N–H and O–H groups in total. The maximum atomic E-state index is 12.4. The summed E-state index contributed by atoms with van der Waals surface area (Å²) in [7, 11) is 1.53. The molecule has 1 amide bonds. The van der Waals surface area contributed by atoms with E-state index in [1.54, 1.807) is 18.2 Å². The number of nitrogens with one attached hydrogen (secondary N) is 1. The number of anilines is 1. The van der Waals surface area contributed by atoms with Gasteiger partial charge >= 0.3 is 0 Å². The Labute approximate surface area is 141 Å². The van der Waals surface area contributed by atoms with E-state index in [0.29, 0.717) is 22.2 Å². The average Bonchev–Trinajstić information content (AvgIpc) is 3.15. The first-order chi connectivity index (χ1) is 11.1. The standard InChI is InChI=1S/C16H13ClN2O3S/c1-9-3-6-13(23-9)15-14(18-8-22-15)16(20)19-10-4-5-12(21-2)11(17)7-10/h3-8H,1-2H3,(H,19,20). The van der Waals surface area contributed by atoms with Gasteiger partial charge in [0, 0.05) is 10.6 Å². The molecule has 23 heavy (non-hydrogen) atoms. The van der Waals surface area contributed by atoms with Gasteiger partial charge in [-0.25, -0.2) is 4.98 Å². The van der Waals surface area contributed by atoms with Crippen LogP contribution in [-0.2, 0) is 0 Å². The van der Waals surface area contributed by atoms with Crippen LogP contribution in [0.1, 0.15) is 15.4 Å². The molecule has 2 heterocycles. The minimum absolute atomic E-state index is 0.235. The van der Waals surface area contributed by atoms with E-state index in [4.69, 9.17) is 20.8 Å². The number of nitrogens with zero attached hydrogens (tertiary/aromatic N) is 1. The molecule has 0 bridgehead atoms. The Morgan fingerprint density at radius 3 is 2.83 bits per heavy atom. The van der Waals surface area contributed by atoms with Crippen molar-refractivity contribution in [3.8, 4) is 16.4 Å². The molecule has 0 saturated carbocycles. The van der Waals surface area contributed by atoms with Crippen LogP contribution in [0.3, 0.4) is 0 Å². The first-order valence-corrected chi connectivity index (χ1v) is 7.93. The third-order valence-electron chi connectivity index (χ3n) is 3.16. The molecule has 0 unspecified atom stereocenters. The molecular formula is C16H13ClN2O3S. The third-order valence-corrected chi connectivity index (χ3v) is 4.45. The molecule has 0 radical (unpaired) electrons. The summed E-state index contributed by atoms with van der Waals surface area (Å²) in [4.78, 5) is 18.5. The van der Waals surface area contributed by atoms with Gasteiger partial charge in [-0.15, -0.1) is 11.3 Å². The lowest BCUT2D eigenvalue weighted by Crippen LogP contribution is -2.13. The second kappa shape index (κ2) is 6.44. The van der Waals surface area contributed by atoms with Gasteiger partial charge in [0.25, 0.3) is 5.91 Å². The molecule has 0 aliphatic heterocycles. The summed E-state index contributed by atoms with van der Waals surface area (Å²) in [5, 5.41) is 3.17. The van der Waals surface area contributed by atoms with Crippen molar-refractivity contribution in [2.75, 3.05) is 12.4 Å². The number of amides is 1. The number of rotatable bonds is 4. The van der Waals surface area contributed by atoms with Crippen LogP contribution in [0.2, 0.25) is 5.02 Å². The first-order valence-electron chi connectivity index (χ1n) is 6.73. The molecule has 0 atom stereocenters. The highest BCUT2D eigenvalue weighted by Gasteiger charge is 2.19. The molecule has 118 valence electrons. The van der Waals surface area contributed by atoms with E-state index in [1.807, 2.05) is 19.1 Å². The number of oxazole rings is 1. The van der Waals surface area contributed by atoms with Gasteiger partial charge in [-0.05, 0) is 37.3 Å². The maximum absolute atomic E-state index is 12.4. The van der Waals surface area contributed by atoms with Crippen LogP contribution < -0.4 is 10.1 Å². The van der Waals surface area contributed by atoms with Crippen molar-refractivity contribution in [3.05, 3.63) is 52.3 Å². The van der Waals surface area contributed by atoms with Crippen molar-refractivity contribution >= 4 is 34.5 Å². The van der Waals surface area contributed by atoms with Crippen LogP contribution in [0.4, 0.5) is 5.69 Å². The highest BCUT2D eigenvalue weighted by atomic mass is 35.5. The highest BCUT2D eigenvalue weighted by molar-refractivity contribution is 7.15. The summed E-state index contributed by atoms with van der Waals surface area (Å²) >= 11 is 7.60. The minimum atomic E-state index is -0.360. The number of carbonyl (C=O) groups excluding carboxylic acids is 1. The Morgan fingerprint density at radius 1 is 1.35 bits per heavy atom. The lowest BCUT2D eigenvalue weighted by Gasteiger charge is -2.07. The molecule has 3 rings (SSSR count). The summed E-state index contributed by atoms with van der Waals surface area (Å²) in [5.41, 5.74) is 0.788.